The summed E-state index contributed by atoms with van der Waals surface area (Å²) in [5.41, 5.74) is 2.90. The van der Waals surface area contributed by atoms with Gasteiger partial charge in [-0.05, 0) is 56.1 Å². The largest absolute Gasteiger partial charge is 0.322 e. The normalized spacial score (nSPS) is 15.2. The van der Waals surface area contributed by atoms with Crippen LogP contribution in [0.15, 0.2) is 47.4 Å². The van der Waals surface area contributed by atoms with E-state index in [4.69, 9.17) is 0 Å². The van der Waals surface area contributed by atoms with Gasteiger partial charge in [-0.1, -0.05) is 50.5 Å². The minimum atomic E-state index is -3.63. The first-order valence-electron chi connectivity index (χ1n) is 11.0. The fraction of sp³-hybridized carbons (Fsp3) is 0.458. The van der Waals surface area contributed by atoms with Gasteiger partial charge in [0, 0.05) is 30.4 Å². The van der Waals surface area contributed by atoms with Crippen molar-refractivity contribution in [3.8, 4) is 0 Å². The van der Waals surface area contributed by atoms with Crippen LogP contribution in [0.1, 0.15) is 60.5 Å². The number of hydrogen-bond donors (Lipinski definition) is 2. The van der Waals surface area contributed by atoms with Crippen molar-refractivity contribution in [2.24, 2.45) is 0 Å². The number of para-hydroxylation sites is 1. The van der Waals surface area contributed by atoms with Crippen molar-refractivity contribution in [2.45, 2.75) is 63.4 Å². The maximum absolute atomic E-state index is 13.1. The van der Waals surface area contributed by atoms with E-state index in [-0.39, 0.29) is 10.8 Å². The van der Waals surface area contributed by atoms with E-state index < -0.39 is 10.0 Å². The van der Waals surface area contributed by atoms with E-state index in [1.807, 2.05) is 24.3 Å². The highest BCUT2D eigenvalue weighted by atomic mass is 32.2. The molecule has 0 aliphatic heterocycles. The number of rotatable bonds is 8. The van der Waals surface area contributed by atoms with Gasteiger partial charge in [-0.25, -0.2) is 13.1 Å². The molecule has 2 aromatic rings. The summed E-state index contributed by atoms with van der Waals surface area (Å²) >= 11 is 0. The molecule has 0 heterocycles. The summed E-state index contributed by atoms with van der Waals surface area (Å²) in [5, 5.41) is 3.01. The molecule has 2 aromatic carbocycles. The molecule has 1 saturated carbocycles. The molecule has 0 radical (unpaired) electrons. The number of amides is 1. The van der Waals surface area contributed by atoms with Crippen LogP contribution in [-0.4, -0.2) is 38.9 Å². The Morgan fingerprint density at radius 3 is 2.52 bits per heavy atom. The lowest BCUT2D eigenvalue weighted by molar-refractivity contribution is 0.102. The lowest BCUT2D eigenvalue weighted by Gasteiger charge is -2.31. The molecule has 168 valence electrons. The molecule has 0 atom stereocenters. The first-order valence-corrected chi connectivity index (χ1v) is 12.5. The first-order chi connectivity index (χ1) is 14.8. The molecule has 3 rings (SSSR count). The molecule has 7 heteroatoms. The molecule has 0 aromatic heterocycles. The number of carbonyl (C=O) groups is 1. The van der Waals surface area contributed by atoms with Crippen molar-refractivity contribution in [1.82, 2.24) is 9.62 Å². The molecule has 2 N–H and O–H groups in total. The highest BCUT2D eigenvalue weighted by Crippen LogP contribution is 2.25. The van der Waals surface area contributed by atoms with Gasteiger partial charge in [-0.3, -0.25) is 9.69 Å². The minimum Gasteiger partial charge on any atom is -0.322 e. The molecule has 1 aliphatic carbocycles. The maximum atomic E-state index is 13.1. The van der Waals surface area contributed by atoms with Crippen LogP contribution in [0.3, 0.4) is 0 Å². The summed E-state index contributed by atoms with van der Waals surface area (Å²) in [7, 11) is -1.48. The fourth-order valence-corrected chi connectivity index (χ4v) is 5.24. The molecule has 1 fully saturated rings. The Morgan fingerprint density at radius 1 is 1.10 bits per heavy atom. The summed E-state index contributed by atoms with van der Waals surface area (Å²) in [4.78, 5) is 15.5. The molecule has 0 spiro atoms. The van der Waals surface area contributed by atoms with E-state index in [0.29, 0.717) is 18.2 Å². The minimum absolute atomic E-state index is 0.0930. The van der Waals surface area contributed by atoms with Crippen LogP contribution in [0, 0.1) is 6.92 Å². The van der Waals surface area contributed by atoms with Crippen LogP contribution in [0.4, 0.5) is 5.69 Å². The van der Waals surface area contributed by atoms with Gasteiger partial charge in [-0.15, -0.1) is 0 Å². The van der Waals surface area contributed by atoms with Gasteiger partial charge in [0.05, 0.1) is 4.90 Å². The van der Waals surface area contributed by atoms with Crippen LogP contribution < -0.4 is 10.0 Å². The van der Waals surface area contributed by atoms with Crippen molar-refractivity contribution in [2.75, 3.05) is 18.9 Å². The zero-order valence-electron chi connectivity index (χ0n) is 18.6. The molecular formula is C24H33N3O3S. The Hall–Kier alpha value is -2.22. The number of aryl methyl sites for hydroxylation is 1. The van der Waals surface area contributed by atoms with Gasteiger partial charge in [0.25, 0.3) is 5.91 Å². The summed E-state index contributed by atoms with van der Waals surface area (Å²) in [5.74, 6) is -0.307. The standard InChI is InChI=1S/C24H33N3O3S/c1-4-25-31(29,30)21-15-14-18(2)22(16-21)24(28)26-23-13-9-8-10-19(23)17-27(3)20-11-6-5-7-12-20/h8-10,13-16,20,25H,4-7,11-12,17H2,1-3H3,(H,26,28). The van der Waals surface area contributed by atoms with Gasteiger partial charge in [-0.2, -0.15) is 0 Å². The fourth-order valence-electron chi connectivity index (χ4n) is 4.18. The van der Waals surface area contributed by atoms with E-state index in [2.05, 4.69) is 22.0 Å². The second-order valence-corrected chi connectivity index (χ2v) is 10.1. The van der Waals surface area contributed by atoms with Gasteiger partial charge >= 0.3 is 0 Å². The molecule has 1 aliphatic rings. The second-order valence-electron chi connectivity index (χ2n) is 8.30. The van der Waals surface area contributed by atoms with Crippen LogP contribution in [0.5, 0.6) is 0 Å². The number of benzene rings is 2. The number of hydrogen-bond acceptors (Lipinski definition) is 4. The van der Waals surface area contributed by atoms with E-state index in [1.165, 1.54) is 44.2 Å². The lowest BCUT2D eigenvalue weighted by atomic mass is 9.94. The molecule has 0 unspecified atom stereocenters. The van der Waals surface area contributed by atoms with Crippen LogP contribution in [0.25, 0.3) is 0 Å². The third-order valence-electron chi connectivity index (χ3n) is 5.98. The third kappa shape index (κ3) is 5.93. The Labute approximate surface area is 186 Å². The third-order valence-corrected chi connectivity index (χ3v) is 7.52. The second kappa shape index (κ2) is 10.4. The van der Waals surface area contributed by atoms with Gasteiger partial charge in [0.15, 0.2) is 0 Å². The van der Waals surface area contributed by atoms with Gasteiger partial charge in [0.1, 0.15) is 0 Å². The van der Waals surface area contributed by atoms with Crippen molar-refractivity contribution in [3.05, 3.63) is 59.2 Å². The van der Waals surface area contributed by atoms with Crippen molar-refractivity contribution in [3.63, 3.8) is 0 Å². The van der Waals surface area contributed by atoms with E-state index >= 15 is 0 Å². The quantitative estimate of drug-likeness (QED) is 0.637. The monoisotopic (exact) mass is 443 g/mol. The van der Waals surface area contributed by atoms with E-state index in [9.17, 15) is 13.2 Å². The summed E-state index contributed by atoms with van der Waals surface area (Å²) in [6, 6.07) is 13.0. The van der Waals surface area contributed by atoms with Crippen LogP contribution in [-0.2, 0) is 16.6 Å². The molecule has 1 amide bonds. The van der Waals surface area contributed by atoms with Crippen molar-refractivity contribution >= 4 is 21.6 Å². The Morgan fingerprint density at radius 2 is 1.81 bits per heavy atom. The molecule has 6 nitrogen and oxygen atoms in total. The Bertz CT molecular complexity index is 1010. The van der Waals surface area contributed by atoms with E-state index in [1.54, 1.807) is 19.9 Å². The average molecular weight is 444 g/mol. The maximum Gasteiger partial charge on any atom is 0.255 e. The van der Waals surface area contributed by atoms with Gasteiger partial charge in [0.2, 0.25) is 10.0 Å². The summed E-state index contributed by atoms with van der Waals surface area (Å²) in [6.45, 7) is 4.58. The zero-order chi connectivity index (χ0) is 22.4. The van der Waals surface area contributed by atoms with Crippen LogP contribution >= 0.6 is 0 Å². The Balaban J connectivity index is 1.79. The molecular weight excluding hydrogens is 410 g/mol. The average Bonchev–Trinajstić information content (AvgIpc) is 2.75. The van der Waals surface area contributed by atoms with Crippen molar-refractivity contribution < 1.29 is 13.2 Å². The van der Waals surface area contributed by atoms with Crippen LogP contribution in [0.2, 0.25) is 0 Å². The SMILES string of the molecule is CCNS(=O)(=O)c1ccc(C)c(C(=O)Nc2ccccc2CN(C)C2CCCCC2)c1. The summed E-state index contributed by atoms with van der Waals surface area (Å²) in [6.07, 6.45) is 6.31. The smallest absolute Gasteiger partial charge is 0.255 e. The van der Waals surface area contributed by atoms with Crippen molar-refractivity contribution in [1.29, 1.82) is 0 Å². The number of nitrogens with zero attached hydrogens (tertiary/aromatic N) is 1. The number of nitrogens with one attached hydrogen (secondary N) is 2. The summed E-state index contributed by atoms with van der Waals surface area (Å²) < 4.78 is 27.2. The highest BCUT2D eigenvalue weighted by Gasteiger charge is 2.20. The number of anilines is 1. The van der Waals surface area contributed by atoms with Gasteiger partial charge < -0.3 is 5.32 Å². The lowest BCUT2D eigenvalue weighted by Crippen LogP contribution is -2.33. The molecule has 31 heavy (non-hydrogen) atoms. The number of sulfonamides is 1. The number of carbonyl (C=O) groups excluding carboxylic acids is 1. The first kappa shape index (κ1) is 23.4. The molecule has 0 bridgehead atoms. The molecule has 0 saturated heterocycles. The highest BCUT2D eigenvalue weighted by molar-refractivity contribution is 7.89. The van der Waals surface area contributed by atoms with E-state index in [0.717, 1.165) is 23.4 Å². The predicted octanol–water partition coefficient (Wildman–Crippen LogP) is 4.31. The topological polar surface area (TPSA) is 78.5 Å². The zero-order valence-corrected chi connectivity index (χ0v) is 19.5. The predicted molar refractivity (Wildman–Crippen MR) is 125 cm³/mol. The Kier molecular flexibility index (Phi) is 7.86.